The molecule has 0 spiro atoms. The van der Waals surface area contributed by atoms with Gasteiger partial charge in [0.05, 0.1) is 32.0 Å². The van der Waals surface area contributed by atoms with Crippen LogP contribution in [0.5, 0.6) is 0 Å². The van der Waals surface area contributed by atoms with Crippen molar-refractivity contribution in [2.75, 3.05) is 19.8 Å². The number of hydrogen-bond acceptors (Lipinski definition) is 10. The summed E-state index contributed by atoms with van der Waals surface area (Å²) in [7, 11) is 0. The number of rotatable bonds is 66. The van der Waals surface area contributed by atoms with E-state index in [2.05, 4.69) is 92.1 Å². The minimum Gasteiger partial charge on any atom is -0.466 e. The van der Waals surface area contributed by atoms with Crippen LogP contribution in [0.3, 0.4) is 0 Å². The summed E-state index contributed by atoms with van der Waals surface area (Å²) in [5.41, 5.74) is 0. The number of ether oxygens (including phenoxy) is 3. The number of aliphatic hydroxyl groups excluding tert-OH is 5. The summed E-state index contributed by atoms with van der Waals surface area (Å²) in [6.07, 6.45) is 83.3. The Kier molecular flexibility index (Phi) is 63.4. The quantitative estimate of drug-likeness (QED) is 0.0195. The summed E-state index contributed by atoms with van der Waals surface area (Å²) in [6.45, 7) is 4.19. The van der Waals surface area contributed by atoms with Gasteiger partial charge in [-0.15, -0.1) is 0 Å². The predicted molar refractivity (Wildman–Crippen MR) is 379 cm³/mol. The standard InChI is InChI=1S/C79H141NO10/c1-3-5-7-9-11-13-15-16-17-18-34-38-41-44-47-51-55-59-63-67-75(84)88-68-64-60-56-52-48-45-42-39-36-33-31-29-27-25-23-21-19-20-22-24-26-28-30-32-35-37-40-43-46-50-54-58-62-66-74(83)80-71(70-89-79-78(87)77(86)76(85)73(69-81)90-79)72(82)65-61-57-53-49-14-12-10-8-6-4-2/h6,8,11,13-14,16-17,23,25,29,31,49,61,65,71-73,76-79,81-82,85-87H,3-5,7,9-10,12,15,18-22,24,26-28,30,32-48,50-60,62-64,66-70H2,1-2H3,(H,80,83)/b8-6+,13-11-,17-16-,25-23-,31-29-,49-14+,65-61+. The minimum absolute atomic E-state index is 0.00232. The van der Waals surface area contributed by atoms with E-state index in [1.807, 2.05) is 6.08 Å². The highest BCUT2D eigenvalue weighted by Gasteiger charge is 2.44. The Bertz CT molecular complexity index is 1770. The minimum atomic E-state index is -1.58. The summed E-state index contributed by atoms with van der Waals surface area (Å²) in [5.74, 6) is -0.195. The molecule has 1 heterocycles. The van der Waals surface area contributed by atoms with Gasteiger partial charge >= 0.3 is 5.97 Å². The molecule has 1 amide bonds. The Morgan fingerprint density at radius 3 is 1.21 bits per heavy atom. The first-order valence-electron chi connectivity index (χ1n) is 37.9. The molecule has 522 valence electrons. The van der Waals surface area contributed by atoms with Gasteiger partial charge in [-0.2, -0.15) is 0 Å². The van der Waals surface area contributed by atoms with E-state index < -0.39 is 49.5 Å². The molecule has 1 saturated heterocycles. The molecule has 6 N–H and O–H groups in total. The summed E-state index contributed by atoms with van der Waals surface area (Å²) < 4.78 is 16.7. The van der Waals surface area contributed by atoms with Crippen LogP contribution >= 0.6 is 0 Å². The lowest BCUT2D eigenvalue weighted by Gasteiger charge is -2.40. The molecule has 0 radical (unpaired) electrons. The summed E-state index contributed by atoms with van der Waals surface area (Å²) in [4.78, 5) is 25.2. The van der Waals surface area contributed by atoms with Gasteiger partial charge in [0.2, 0.25) is 5.91 Å². The number of aliphatic hydroxyl groups is 5. The Balaban J connectivity index is 1.90. The van der Waals surface area contributed by atoms with Crippen LogP contribution in [0.2, 0.25) is 0 Å². The highest BCUT2D eigenvalue weighted by molar-refractivity contribution is 5.76. The molecule has 0 saturated carbocycles. The van der Waals surface area contributed by atoms with E-state index in [-0.39, 0.29) is 18.5 Å². The van der Waals surface area contributed by atoms with E-state index in [0.29, 0.717) is 19.4 Å². The third-order valence-electron chi connectivity index (χ3n) is 17.4. The van der Waals surface area contributed by atoms with Gasteiger partial charge in [-0.3, -0.25) is 9.59 Å². The number of esters is 1. The zero-order chi connectivity index (χ0) is 65.1. The summed E-state index contributed by atoms with van der Waals surface area (Å²) >= 11 is 0. The van der Waals surface area contributed by atoms with Crippen LogP contribution in [0, 0.1) is 0 Å². The molecule has 11 nitrogen and oxygen atoms in total. The van der Waals surface area contributed by atoms with Crippen LogP contribution in [-0.4, -0.2) is 100 Å². The second-order valence-electron chi connectivity index (χ2n) is 25.9. The van der Waals surface area contributed by atoms with E-state index in [4.69, 9.17) is 14.2 Å². The lowest BCUT2D eigenvalue weighted by molar-refractivity contribution is -0.302. The van der Waals surface area contributed by atoms with Crippen molar-refractivity contribution in [3.8, 4) is 0 Å². The molecule has 7 unspecified atom stereocenters. The molecule has 11 heteroatoms. The Hall–Kier alpha value is -3.16. The summed E-state index contributed by atoms with van der Waals surface area (Å²) in [6, 6.07) is -0.834. The monoisotopic (exact) mass is 1260 g/mol. The van der Waals surface area contributed by atoms with Gasteiger partial charge in [0.1, 0.15) is 24.4 Å². The van der Waals surface area contributed by atoms with Crippen molar-refractivity contribution < 1.29 is 49.3 Å². The third kappa shape index (κ3) is 55.3. The van der Waals surface area contributed by atoms with Crippen molar-refractivity contribution in [1.82, 2.24) is 5.32 Å². The normalized spacial score (nSPS) is 18.1. The number of nitrogens with one attached hydrogen (secondary N) is 1. The van der Waals surface area contributed by atoms with Crippen LogP contribution in [0.4, 0.5) is 0 Å². The van der Waals surface area contributed by atoms with Crippen molar-refractivity contribution in [2.24, 2.45) is 0 Å². The van der Waals surface area contributed by atoms with Gasteiger partial charge in [-0.05, 0) is 116 Å². The largest absolute Gasteiger partial charge is 0.466 e. The highest BCUT2D eigenvalue weighted by atomic mass is 16.7. The first-order valence-corrected chi connectivity index (χ1v) is 37.9. The number of hydrogen-bond donors (Lipinski definition) is 6. The van der Waals surface area contributed by atoms with Crippen LogP contribution < -0.4 is 5.32 Å². The van der Waals surface area contributed by atoms with Crippen LogP contribution in [-0.2, 0) is 23.8 Å². The number of amides is 1. The van der Waals surface area contributed by atoms with Crippen molar-refractivity contribution in [3.05, 3.63) is 85.1 Å². The molecule has 1 aliphatic heterocycles. The Morgan fingerprint density at radius 1 is 0.422 bits per heavy atom. The fraction of sp³-hybridized carbons (Fsp3) is 0.797. The van der Waals surface area contributed by atoms with Gasteiger partial charge in [0.15, 0.2) is 6.29 Å². The van der Waals surface area contributed by atoms with Gasteiger partial charge in [0.25, 0.3) is 0 Å². The fourth-order valence-electron chi connectivity index (χ4n) is 11.5. The van der Waals surface area contributed by atoms with E-state index in [1.54, 1.807) is 6.08 Å². The van der Waals surface area contributed by atoms with Gasteiger partial charge in [-0.1, -0.05) is 298 Å². The van der Waals surface area contributed by atoms with E-state index in [1.165, 1.54) is 231 Å². The first-order chi connectivity index (χ1) is 44.2. The molecule has 0 bridgehead atoms. The molecule has 7 atom stereocenters. The smallest absolute Gasteiger partial charge is 0.305 e. The molecular formula is C79H141NO10. The average Bonchev–Trinajstić information content (AvgIpc) is 2.62. The molecular weight excluding hydrogens is 1120 g/mol. The van der Waals surface area contributed by atoms with Crippen LogP contribution in [0.1, 0.15) is 341 Å². The predicted octanol–water partition coefficient (Wildman–Crippen LogP) is 20.0. The molecule has 1 rings (SSSR count). The number of unbranched alkanes of at least 4 members (excludes halogenated alkanes) is 40. The second-order valence-corrected chi connectivity index (χ2v) is 25.9. The Labute approximate surface area is 553 Å². The molecule has 1 aliphatic rings. The average molecular weight is 1260 g/mol. The van der Waals surface area contributed by atoms with Crippen molar-refractivity contribution in [2.45, 2.75) is 384 Å². The van der Waals surface area contributed by atoms with Gasteiger partial charge in [-0.25, -0.2) is 0 Å². The second kappa shape index (κ2) is 67.3. The maximum absolute atomic E-state index is 13.0. The van der Waals surface area contributed by atoms with E-state index >= 15 is 0 Å². The van der Waals surface area contributed by atoms with Crippen LogP contribution in [0.25, 0.3) is 0 Å². The molecule has 0 aromatic heterocycles. The highest BCUT2D eigenvalue weighted by Crippen LogP contribution is 2.23. The van der Waals surface area contributed by atoms with Crippen molar-refractivity contribution in [3.63, 3.8) is 0 Å². The third-order valence-corrected chi connectivity index (χ3v) is 17.4. The first kappa shape index (κ1) is 84.9. The van der Waals surface area contributed by atoms with Crippen LogP contribution in [0.15, 0.2) is 85.1 Å². The van der Waals surface area contributed by atoms with E-state index in [0.717, 1.165) is 83.5 Å². The Morgan fingerprint density at radius 2 is 0.789 bits per heavy atom. The topological polar surface area (TPSA) is 175 Å². The summed E-state index contributed by atoms with van der Waals surface area (Å²) in [5, 5.41) is 54.3. The zero-order valence-corrected chi connectivity index (χ0v) is 58.1. The number of carbonyl (C=O) groups excluding carboxylic acids is 2. The van der Waals surface area contributed by atoms with Crippen molar-refractivity contribution >= 4 is 11.9 Å². The maximum Gasteiger partial charge on any atom is 0.305 e. The molecule has 90 heavy (non-hydrogen) atoms. The molecule has 1 fully saturated rings. The number of allylic oxidation sites excluding steroid dienone is 13. The SMILES string of the molecule is CC/C=C/CC/C=C/CC/C=C/C(O)C(COC1OC(CO)C(O)C(O)C1O)NC(=O)CCCCCCCCCCCCCCCCCCC/C=C\C/C=C\CCCCCCCCCCCOC(=O)CCCCCCCCCCC/C=C\C/C=C\CCCCC. The lowest BCUT2D eigenvalue weighted by Crippen LogP contribution is -2.60. The van der Waals surface area contributed by atoms with Crippen molar-refractivity contribution in [1.29, 1.82) is 0 Å². The lowest BCUT2D eigenvalue weighted by atomic mass is 9.99. The fourth-order valence-corrected chi connectivity index (χ4v) is 11.5. The van der Waals surface area contributed by atoms with Gasteiger partial charge < -0.3 is 45.1 Å². The molecule has 0 aromatic carbocycles. The number of carbonyl (C=O) groups is 2. The maximum atomic E-state index is 13.0. The van der Waals surface area contributed by atoms with Gasteiger partial charge in [0, 0.05) is 12.8 Å². The molecule has 0 aromatic rings. The molecule has 0 aliphatic carbocycles. The zero-order valence-electron chi connectivity index (χ0n) is 58.1. The van der Waals surface area contributed by atoms with E-state index in [9.17, 15) is 35.1 Å².